The van der Waals surface area contributed by atoms with Gasteiger partial charge in [-0.1, -0.05) is 51.2 Å². The average Bonchev–Trinajstić information content (AvgIpc) is 2.45. The Balaban J connectivity index is 3.24. The molecule has 0 amide bonds. The van der Waals surface area contributed by atoms with Crippen molar-refractivity contribution in [2.75, 3.05) is 13.2 Å². The van der Waals surface area contributed by atoms with Gasteiger partial charge in [-0.25, -0.2) is 0 Å². The Labute approximate surface area is 126 Å². The number of rotatable bonds is 15. The molecule has 0 aromatic rings. The zero-order valence-corrected chi connectivity index (χ0v) is 14.0. The van der Waals surface area contributed by atoms with Gasteiger partial charge in [0.25, 0.3) is 0 Å². The van der Waals surface area contributed by atoms with Crippen LogP contribution in [0.1, 0.15) is 85.0 Å². The zero-order valence-electron chi connectivity index (χ0n) is 14.0. The van der Waals surface area contributed by atoms with Crippen molar-refractivity contribution in [2.45, 2.75) is 91.3 Å². The molecule has 0 spiro atoms. The van der Waals surface area contributed by atoms with Crippen molar-refractivity contribution in [1.82, 2.24) is 0 Å². The van der Waals surface area contributed by atoms with Crippen LogP contribution in [0.3, 0.4) is 0 Å². The van der Waals surface area contributed by atoms with Gasteiger partial charge in [0.1, 0.15) is 0 Å². The normalized spacial score (nSPS) is 11.8. The van der Waals surface area contributed by atoms with E-state index in [0.717, 1.165) is 19.6 Å². The topological polar surface area (TPSA) is 18.5 Å². The van der Waals surface area contributed by atoms with Crippen LogP contribution in [0, 0.1) is 0 Å². The molecular formula is C18H36O2. The minimum Gasteiger partial charge on any atom is -0.353 e. The molecule has 0 rings (SSSR count). The Morgan fingerprint density at radius 2 is 1.25 bits per heavy atom. The van der Waals surface area contributed by atoms with Crippen LogP contribution >= 0.6 is 0 Å². The largest absolute Gasteiger partial charge is 0.353 e. The molecule has 0 aromatic carbocycles. The second-order valence-electron chi connectivity index (χ2n) is 5.27. The fourth-order valence-corrected chi connectivity index (χ4v) is 2.33. The third-order valence-electron chi connectivity index (χ3n) is 3.42. The van der Waals surface area contributed by atoms with Crippen LogP contribution < -0.4 is 0 Å². The molecule has 20 heavy (non-hydrogen) atoms. The first-order chi connectivity index (χ1) is 9.85. The lowest BCUT2D eigenvalue weighted by molar-refractivity contribution is -0.140. The Bertz CT molecular complexity index is 196. The molecule has 0 aromatic heterocycles. The smallest absolute Gasteiger partial charge is 0.157 e. The van der Waals surface area contributed by atoms with Crippen molar-refractivity contribution in [3.8, 4) is 0 Å². The van der Waals surface area contributed by atoms with E-state index in [0.29, 0.717) is 0 Å². The van der Waals surface area contributed by atoms with Crippen molar-refractivity contribution in [2.24, 2.45) is 0 Å². The molecule has 0 saturated carbocycles. The summed E-state index contributed by atoms with van der Waals surface area (Å²) in [5, 5.41) is 0. The summed E-state index contributed by atoms with van der Waals surface area (Å²) in [7, 11) is 0. The highest BCUT2D eigenvalue weighted by atomic mass is 16.7. The van der Waals surface area contributed by atoms with E-state index < -0.39 is 0 Å². The first kappa shape index (κ1) is 19.7. The predicted molar refractivity (Wildman–Crippen MR) is 88.0 cm³/mol. The van der Waals surface area contributed by atoms with Gasteiger partial charge in [-0.3, -0.25) is 0 Å². The molecule has 0 radical (unpaired) electrons. The Kier molecular flexibility index (Phi) is 16.4. The van der Waals surface area contributed by atoms with Crippen molar-refractivity contribution in [3.05, 3.63) is 12.2 Å². The molecule has 0 saturated heterocycles. The van der Waals surface area contributed by atoms with Crippen LogP contribution in [0.15, 0.2) is 12.2 Å². The molecule has 0 N–H and O–H groups in total. The quantitative estimate of drug-likeness (QED) is 0.213. The minimum atomic E-state index is 0.0235. The van der Waals surface area contributed by atoms with E-state index >= 15 is 0 Å². The van der Waals surface area contributed by atoms with E-state index in [2.05, 4.69) is 19.1 Å². The van der Waals surface area contributed by atoms with E-state index in [1.54, 1.807) is 0 Å². The third kappa shape index (κ3) is 14.1. The highest BCUT2D eigenvalue weighted by Crippen LogP contribution is 2.12. The fraction of sp³-hybridized carbons (Fsp3) is 0.889. The Hall–Kier alpha value is -0.340. The molecule has 0 aliphatic carbocycles. The van der Waals surface area contributed by atoms with Crippen molar-refractivity contribution in [3.63, 3.8) is 0 Å². The lowest BCUT2D eigenvalue weighted by atomic mass is 10.1. The van der Waals surface area contributed by atoms with Gasteiger partial charge in [0, 0.05) is 13.2 Å². The summed E-state index contributed by atoms with van der Waals surface area (Å²) >= 11 is 0. The SMILES string of the molecule is CCC=CCCCCCCCCCC(OCC)OCC. The number of ether oxygens (including phenoxy) is 2. The standard InChI is InChI=1S/C18H36O2/c1-4-7-8-9-10-11-12-13-14-15-16-17-18(19-5-2)20-6-3/h7-8,18H,4-6,9-17H2,1-3H3. The lowest BCUT2D eigenvalue weighted by Gasteiger charge is -2.16. The average molecular weight is 284 g/mol. The van der Waals surface area contributed by atoms with Gasteiger partial charge in [-0.15, -0.1) is 0 Å². The van der Waals surface area contributed by atoms with E-state index in [9.17, 15) is 0 Å². The summed E-state index contributed by atoms with van der Waals surface area (Å²) in [4.78, 5) is 0. The molecule has 0 unspecified atom stereocenters. The fourth-order valence-electron chi connectivity index (χ4n) is 2.33. The molecule has 2 nitrogen and oxygen atoms in total. The predicted octanol–water partition coefficient (Wildman–Crippen LogP) is 5.86. The first-order valence-electron chi connectivity index (χ1n) is 8.73. The van der Waals surface area contributed by atoms with Crippen molar-refractivity contribution in [1.29, 1.82) is 0 Å². The van der Waals surface area contributed by atoms with E-state index in [4.69, 9.17) is 9.47 Å². The number of unbranched alkanes of at least 4 members (excludes halogenated alkanes) is 7. The Morgan fingerprint density at radius 1 is 0.700 bits per heavy atom. The molecular weight excluding hydrogens is 248 g/mol. The van der Waals surface area contributed by atoms with Gasteiger partial charge in [0.15, 0.2) is 6.29 Å². The van der Waals surface area contributed by atoms with Crippen molar-refractivity contribution < 1.29 is 9.47 Å². The summed E-state index contributed by atoms with van der Waals surface area (Å²) < 4.78 is 11.1. The van der Waals surface area contributed by atoms with Crippen LogP contribution in [0.25, 0.3) is 0 Å². The van der Waals surface area contributed by atoms with Gasteiger partial charge in [-0.2, -0.15) is 0 Å². The summed E-state index contributed by atoms with van der Waals surface area (Å²) in [5.41, 5.74) is 0. The van der Waals surface area contributed by atoms with Gasteiger partial charge >= 0.3 is 0 Å². The first-order valence-corrected chi connectivity index (χ1v) is 8.73. The molecule has 0 aliphatic rings. The summed E-state index contributed by atoms with van der Waals surface area (Å²) in [6.07, 6.45) is 17.5. The molecule has 0 atom stereocenters. The summed E-state index contributed by atoms with van der Waals surface area (Å²) in [6.45, 7) is 7.75. The van der Waals surface area contributed by atoms with Gasteiger partial charge in [-0.05, 0) is 46.0 Å². The third-order valence-corrected chi connectivity index (χ3v) is 3.42. The maximum absolute atomic E-state index is 5.55. The maximum Gasteiger partial charge on any atom is 0.157 e. The van der Waals surface area contributed by atoms with Crippen LogP contribution in [0.4, 0.5) is 0 Å². The van der Waals surface area contributed by atoms with Gasteiger partial charge in [0.05, 0.1) is 0 Å². The van der Waals surface area contributed by atoms with Crippen LogP contribution in [-0.4, -0.2) is 19.5 Å². The molecule has 0 heterocycles. The Morgan fingerprint density at radius 3 is 1.80 bits per heavy atom. The monoisotopic (exact) mass is 284 g/mol. The van der Waals surface area contributed by atoms with Crippen LogP contribution in [0.5, 0.6) is 0 Å². The van der Waals surface area contributed by atoms with Crippen LogP contribution in [0.2, 0.25) is 0 Å². The van der Waals surface area contributed by atoms with E-state index in [1.807, 2.05) is 13.8 Å². The molecule has 0 fully saturated rings. The molecule has 2 heteroatoms. The summed E-state index contributed by atoms with van der Waals surface area (Å²) in [5.74, 6) is 0. The second kappa shape index (κ2) is 16.7. The second-order valence-corrected chi connectivity index (χ2v) is 5.27. The number of hydrogen-bond acceptors (Lipinski definition) is 2. The minimum absolute atomic E-state index is 0.0235. The zero-order chi connectivity index (χ0) is 14.9. The number of hydrogen-bond donors (Lipinski definition) is 0. The van der Waals surface area contributed by atoms with Gasteiger partial charge < -0.3 is 9.47 Å². The van der Waals surface area contributed by atoms with E-state index in [-0.39, 0.29) is 6.29 Å². The molecule has 0 aliphatic heterocycles. The number of allylic oxidation sites excluding steroid dienone is 2. The highest BCUT2D eigenvalue weighted by molar-refractivity contribution is 4.79. The lowest BCUT2D eigenvalue weighted by Crippen LogP contribution is -2.17. The summed E-state index contributed by atoms with van der Waals surface area (Å²) in [6, 6.07) is 0. The highest BCUT2D eigenvalue weighted by Gasteiger charge is 2.06. The van der Waals surface area contributed by atoms with Gasteiger partial charge in [0.2, 0.25) is 0 Å². The van der Waals surface area contributed by atoms with E-state index in [1.165, 1.54) is 57.8 Å². The maximum atomic E-state index is 5.55. The molecule has 120 valence electrons. The van der Waals surface area contributed by atoms with Crippen LogP contribution in [-0.2, 0) is 9.47 Å². The van der Waals surface area contributed by atoms with Crippen molar-refractivity contribution >= 4 is 0 Å². The molecule has 0 bridgehead atoms.